The van der Waals surface area contributed by atoms with Crippen molar-refractivity contribution in [2.75, 3.05) is 18.5 Å². The van der Waals surface area contributed by atoms with Crippen LogP contribution in [0, 0.1) is 23.2 Å². The number of rotatable bonds is 7. The van der Waals surface area contributed by atoms with Crippen molar-refractivity contribution >= 4 is 17.5 Å². The Balaban J connectivity index is 1.21. The molecule has 164 valence electrons. The molecule has 0 radical (unpaired) electrons. The van der Waals surface area contributed by atoms with Crippen LogP contribution in [-0.2, 0) is 9.59 Å². The summed E-state index contributed by atoms with van der Waals surface area (Å²) in [6.07, 6.45) is 3.48. The fourth-order valence-electron chi connectivity index (χ4n) is 6.09. The molecule has 4 aliphatic rings. The molecular formula is C22H27F3N2O3. The van der Waals surface area contributed by atoms with Crippen molar-refractivity contribution < 1.29 is 27.5 Å². The van der Waals surface area contributed by atoms with Gasteiger partial charge in [0.2, 0.25) is 11.8 Å². The Bertz CT molecular complexity index is 757. The van der Waals surface area contributed by atoms with Crippen LogP contribution in [0.2, 0.25) is 0 Å². The van der Waals surface area contributed by atoms with E-state index >= 15 is 0 Å². The lowest BCUT2D eigenvalue weighted by atomic mass is 9.49. The Morgan fingerprint density at radius 3 is 2.07 bits per heavy atom. The average Bonchev–Trinajstić information content (AvgIpc) is 2.64. The zero-order valence-electron chi connectivity index (χ0n) is 16.8. The summed E-state index contributed by atoms with van der Waals surface area (Å²) in [5.41, 5.74) is 0.552. The van der Waals surface area contributed by atoms with Crippen molar-refractivity contribution in [3.63, 3.8) is 0 Å². The molecule has 5 nitrogen and oxygen atoms in total. The molecule has 8 heteroatoms. The van der Waals surface area contributed by atoms with Crippen molar-refractivity contribution in [3.05, 3.63) is 24.3 Å². The van der Waals surface area contributed by atoms with Gasteiger partial charge >= 0.3 is 6.18 Å². The third kappa shape index (κ3) is 5.26. The number of carbonyl (C=O) groups is 2. The topological polar surface area (TPSA) is 67.4 Å². The number of benzene rings is 1. The number of nitrogens with one attached hydrogen (secondary N) is 2. The Labute approximate surface area is 173 Å². The maximum Gasteiger partial charge on any atom is 0.422 e. The Kier molecular flexibility index (Phi) is 5.68. The lowest BCUT2D eigenvalue weighted by Gasteiger charge is -2.56. The molecule has 4 bridgehead atoms. The van der Waals surface area contributed by atoms with Crippen LogP contribution in [-0.4, -0.2) is 31.1 Å². The highest BCUT2D eigenvalue weighted by atomic mass is 19.4. The van der Waals surface area contributed by atoms with E-state index in [9.17, 15) is 22.8 Å². The quantitative estimate of drug-likeness (QED) is 0.686. The normalized spacial score (nSPS) is 29.5. The molecule has 5 rings (SSSR count). The predicted molar refractivity (Wildman–Crippen MR) is 105 cm³/mol. The molecular weight excluding hydrogens is 397 g/mol. The summed E-state index contributed by atoms with van der Waals surface area (Å²) in [5, 5.41) is 5.35. The lowest BCUT2D eigenvalue weighted by Crippen LogP contribution is -2.48. The van der Waals surface area contributed by atoms with E-state index in [1.165, 1.54) is 43.5 Å². The van der Waals surface area contributed by atoms with Crippen LogP contribution < -0.4 is 15.4 Å². The smallest absolute Gasteiger partial charge is 0.422 e. The molecule has 0 heterocycles. The second-order valence-electron chi connectivity index (χ2n) is 9.35. The molecule has 30 heavy (non-hydrogen) atoms. The number of alkyl halides is 3. The maximum absolute atomic E-state index is 12.5. The minimum Gasteiger partial charge on any atom is -0.484 e. The van der Waals surface area contributed by atoms with Crippen molar-refractivity contribution in [1.82, 2.24) is 5.32 Å². The average molecular weight is 424 g/mol. The number of amides is 2. The van der Waals surface area contributed by atoms with Crippen LogP contribution in [0.25, 0.3) is 0 Å². The Hall–Kier alpha value is -2.25. The first-order chi connectivity index (χ1) is 14.2. The van der Waals surface area contributed by atoms with E-state index in [2.05, 4.69) is 15.4 Å². The van der Waals surface area contributed by atoms with E-state index in [4.69, 9.17) is 0 Å². The zero-order valence-corrected chi connectivity index (χ0v) is 16.8. The molecule has 2 amide bonds. The van der Waals surface area contributed by atoms with Gasteiger partial charge in [-0.3, -0.25) is 9.59 Å². The fourth-order valence-corrected chi connectivity index (χ4v) is 6.09. The molecule has 4 aliphatic carbocycles. The van der Waals surface area contributed by atoms with Crippen LogP contribution >= 0.6 is 0 Å². The molecule has 0 saturated heterocycles. The molecule has 0 spiro atoms. The highest BCUT2D eigenvalue weighted by molar-refractivity contribution is 5.94. The number of ether oxygens (including phenoxy) is 1. The first kappa shape index (κ1) is 21.0. The molecule has 0 atom stereocenters. The molecule has 0 aliphatic heterocycles. The minimum absolute atomic E-state index is 0.0641. The van der Waals surface area contributed by atoms with Gasteiger partial charge in [-0.2, -0.15) is 13.2 Å². The molecule has 2 N–H and O–H groups in total. The van der Waals surface area contributed by atoms with Crippen molar-refractivity contribution in [2.45, 2.75) is 51.1 Å². The van der Waals surface area contributed by atoms with E-state index in [1.807, 2.05) is 0 Å². The lowest BCUT2D eigenvalue weighted by molar-refractivity contribution is -0.153. The first-order valence-corrected chi connectivity index (χ1v) is 10.5. The van der Waals surface area contributed by atoms with Gasteiger partial charge in [0.05, 0.1) is 6.54 Å². The summed E-state index contributed by atoms with van der Waals surface area (Å²) < 4.78 is 41.1. The monoisotopic (exact) mass is 424 g/mol. The summed E-state index contributed by atoms with van der Waals surface area (Å²) in [6, 6.07) is 5.63. The van der Waals surface area contributed by atoms with Gasteiger partial charge in [0.15, 0.2) is 6.61 Å². The number of hydrogen-bond donors (Lipinski definition) is 2. The van der Waals surface area contributed by atoms with Crippen LogP contribution in [0.3, 0.4) is 0 Å². The zero-order chi connectivity index (χ0) is 21.4. The number of hydrogen-bond acceptors (Lipinski definition) is 3. The van der Waals surface area contributed by atoms with Crippen LogP contribution in [0.4, 0.5) is 18.9 Å². The molecule has 4 saturated carbocycles. The molecule has 4 fully saturated rings. The van der Waals surface area contributed by atoms with Gasteiger partial charge in [-0.1, -0.05) is 0 Å². The van der Waals surface area contributed by atoms with Gasteiger partial charge in [-0.25, -0.2) is 0 Å². The second kappa shape index (κ2) is 8.12. The van der Waals surface area contributed by atoms with Crippen molar-refractivity contribution in [3.8, 4) is 5.75 Å². The third-order valence-electron chi connectivity index (χ3n) is 6.69. The van der Waals surface area contributed by atoms with Crippen molar-refractivity contribution in [1.29, 1.82) is 0 Å². The standard InChI is InChI=1S/C22H27F3N2O3/c23-22(24,25)13-30-18-3-1-17(2-4-18)27-20(29)12-26-19(28)11-21-8-14-5-15(9-21)7-16(6-14)10-21/h1-4,14-16H,5-13H2,(H,26,28)(H,27,29). The van der Waals surface area contributed by atoms with Crippen molar-refractivity contribution in [2.24, 2.45) is 23.2 Å². The maximum atomic E-state index is 12.5. The molecule has 0 aromatic heterocycles. The van der Waals surface area contributed by atoms with E-state index in [0.717, 1.165) is 37.0 Å². The SMILES string of the molecule is O=C(CC12CC3CC(CC(C3)C1)C2)NCC(=O)Nc1ccc(OCC(F)(F)F)cc1. The largest absolute Gasteiger partial charge is 0.484 e. The van der Waals surface area contributed by atoms with Gasteiger partial charge in [0.25, 0.3) is 0 Å². The van der Waals surface area contributed by atoms with E-state index < -0.39 is 12.8 Å². The van der Waals surface area contributed by atoms with Crippen LogP contribution in [0.5, 0.6) is 5.75 Å². The number of carbonyl (C=O) groups excluding carboxylic acids is 2. The van der Waals surface area contributed by atoms with E-state index in [0.29, 0.717) is 12.1 Å². The predicted octanol–water partition coefficient (Wildman–Crippen LogP) is 4.29. The number of anilines is 1. The fraction of sp³-hybridized carbons (Fsp3) is 0.636. The van der Waals surface area contributed by atoms with Crippen LogP contribution in [0.1, 0.15) is 44.9 Å². The third-order valence-corrected chi connectivity index (χ3v) is 6.69. The van der Waals surface area contributed by atoms with Crippen LogP contribution in [0.15, 0.2) is 24.3 Å². The first-order valence-electron chi connectivity index (χ1n) is 10.5. The highest BCUT2D eigenvalue weighted by Crippen LogP contribution is 2.61. The van der Waals surface area contributed by atoms with Gasteiger partial charge in [0, 0.05) is 12.1 Å². The summed E-state index contributed by atoms with van der Waals surface area (Å²) in [7, 11) is 0. The van der Waals surface area contributed by atoms with Gasteiger partial charge in [-0.15, -0.1) is 0 Å². The number of halogens is 3. The molecule has 1 aromatic carbocycles. The summed E-state index contributed by atoms with van der Waals surface area (Å²) in [5.74, 6) is 1.93. The summed E-state index contributed by atoms with van der Waals surface area (Å²) >= 11 is 0. The minimum atomic E-state index is -4.40. The molecule has 1 aromatic rings. The second-order valence-corrected chi connectivity index (χ2v) is 9.35. The summed E-state index contributed by atoms with van der Waals surface area (Å²) in [4.78, 5) is 24.6. The Morgan fingerprint density at radius 1 is 0.967 bits per heavy atom. The van der Waals surface area contributed by atoms with Gasteiger partial charge in [0.1, 0.15) is 5.75 Å². The molecule has 0 unspecified atom stereocenters. The summed E-state index contributed by atoms with van der Waals surface area (Å²) in [6.45, 7) is -1.49. The van der Waals surface area contributed by atoms with E-state index in [-0.39, 0.29) is 29.5 Å². The van der Waals surface area contributed by atoms with E-state index in [1.54, 1.807) is 0 Å². The Morgan fingerprint density at radius 2 is 1.53 bits per heavy atom. The van der Waals surface area contributed by atoms with Gasteiger partial charge < -0.3 is 15.4 Å². The highest BCUT2D eigenvalue weighted by Gasteiger charge is 2.51. The van der Waals surface area contributed by atoms with Gasteiger partial charge in [-0.05, 0) is 86.0 Å².